The summed E-state index contributed by atoms with van der Waals surface area (Å²) in [5, 5.41) is 8.43. The van der Waals surface area contributed by atoms with Crippen LogP contribution in [0.4, 0.5) is 39.5 Å². The lowest BCUT2D eigenvalue weighted by Gasteiger charge is -2.56. The second-order valence-electron chi connectivity index (χ2n) is 16.6. The zero-order valence-corrected chi connectivity index (χ0v) is 33.3. The standard InChI is InChI=1S/C42H39F5N12O3/c1-21-49-32-12-23(44)10-28-31-4-2-5-35(51-31)50-24-13-34(40(60)54-8-3-9-62-27(19-54)20-56(21)36(28)32)57(16-24)38-29-15-48-59(33-7-6-22(43)11-30(33)45)39(29)53-42(52-38)58-25-14-26(58)18-55(17-25)41(61)37(46)47/h2,4-7,10-12,15,24-27,34,37H,3,8-9,13-14,16-20H2,1H3,(H,50,51)/t24-,25?,26?,27+,34-/m0/s1. The van der Waals surface area contributed by atoms with Gasteiger partial charge in [0.15, 0.2) is 11.5 Å². The molecule has 4 aromatic heterocycles. The molecular weight excluding hydrogens is 816 g/mol. The van der Waals surface area contributed by atoms with Crippen molar-refractivity contribution in [2.75, 3.05) is 54.4 Å². The first-order chi connectivity index (χ1) is 30.0. The van der Waals surface area contributed by atoms with Gasteiger partial charge in [-0.3, -0.25) is 9.59 Å². The first-order valence-electron chi connectivity index (χ1n) is 20.6. The molecule has 2 amide bonds. The number of ether oxygens (including phenoxy) is 1. The second-order valence-corrected chi connectivity index (χ2v) is 16.6. The molecule has 20 heteroatoms. The number of fused-ring (bicyclic) bond motifs is 10. The zero-order valence-electron chi connectivity index (χ0n) is 33.3. The number of hydrogen-bond acceptors (Lipinski definition) is 11. The molecule has 9 heterocycles. The van der Waals surface area contributed by atoms with Gasteiger partial charge in [0.2, 0.25) is 11.9 Å². The van der Waals surface area contributed by atoms with E-state index in [9.17, 15) is 18.0 Å². The van der Waals surface area contributed by atoms with Crippen LogP contribution in [0, 0.1) is 24.4 Å². The number of carbonyl (C=O) groups is 2. The molecule has 0 saturated carbocycles. The number of imidazole rings is 1. The van der Waals surface area contributed by atoms with Gasteiger partial charge < -0.3 is 34.2 Å². The van der Waals surface area contributed by atoms with E-state index in [-0.39, 0.29) is 67.5 Å². The van der Waals surface area contributed by atoms with Crippen molar-refractivity contribution in [3.8, 4) is 16.9 Å². The van der Waals surface area contributed by atoms with Gasteiger partial charge in [0, 0.05) is 63.1 Å². The molecule has 4 fully saturated rings. The number of amides is 2. The van der Waals surface area contributed by atoms with Crippen LogP contribution in [-0.2, 0) is 20.9 Å². The lowest BCUT2D eigenvalue weighted by atomic mass is 9.88. The van der Waals surface area contributed by atoms with E-state index in [2.05, 4.69) is 10.4 Å². The molecule has 62 heavy (non-hydrogen) atoms. The number of pyridine rings is 1. The van der Waals surface area contributed by atoms with Gasteiger partial charge in [-0.05, 0) is 56.5 Å². The van der Waals surface area contributed by atoms with Gasteiger partial charge in [0.05, 0.1) is 53.0 Å². The highest BCUT2D eigenvalue weighted by Gasteiger charge is 2.49. The number of hydrogen-bond donors (Lipinski definition) is 1. The van der Waals surface area contributed by atoms with E-state index in [4.69, 9.17) is 24.7 Å². The third-order valence-corrected chi connectivity index (χ3v) is 12.7. The number of halogens is 5. The summed E-state index contributed by atoms with van der Waals surface area (Å²) < 4.78 is 81.3. The van der Waals surface area contributed by atoms with E-state index in [1.54, 1.807) is 0 Å². The molecule has 15 nitrogen and oxygen atoms in total. The first kappa shape index (κ1) is 38.5. The largest absolute Gasteiger partial charge is 0.374 e. The van der Waals surface area contributed by atoms with Gasteiger partial charge in [-0.25, -0.2) is 27.8 Å². The van der Waals surface area contributed by atoms with Crippen molar-refractivity contribution in [3.05, 3.63) is 78.0 Å². The van der Waals surface area contributed by atoms with E-state index in [0.717, 1.165) is 17.0 Å². The minimum atomic E-state index is -3.14. The number of anilines is 3. The molecule has 2 unspecified atom stereocenters. The van der Waals surface area contributed by atoms with E-state index >= 15 is 13.6 Å². The highest BCUT2D eigenvalue weighted by molar-refractivity contribution is 5.94. The summed E-state index contributed by atoms with van der Waals surface area (Å²) in [5.41, 5.74) is 2.40. The third-order valence-electron chi connectivity index (χ3n) is 12.7. The van der Waals surface area contributed by atoms with Crippen LogP contribution in [0.25, 0.3) is 39.0 Å². The third kappa shape index (κ3) is 6.36. The van der Waals surface area contributed by atoms with Crippen LogP contribution in [-0.4, -0.2) is 132 Å². The van der Waals surface area contributed by atoms with Crippen LogP contribution in [0.3, 0.4) is 0 Å². The fourth-order valence-electron chi connectivity index (χ4n) is 9.97. The topological polar surface area (TPSA) is 143 Å². The summed E-state index contributed by atoms with van der Waals surface area (Å²) in [5.74, 6) is -1.83. The predicted octanol–water partition coefficient (Wildman–Crippen LogP) is 4.70. The lowest BCUT2D eigenvalue weighted by Crippen LogP contribution is -2.70. The molecule has 0 aliphatic carbocycles. The number of likely N-dealkylation sites (tertiary alicyclic amines) is 1. The average Bonchev–Trinajstić information content (AvgIpc) is 3.89. The van der Waals surface area contributed by atoms with Gasteiger partial charge in [-0.2, -0.15) is 23.8 Å². The maximum atomic E-state index is 15.4. The van der Waals surface area contributed by atoms with Crippen molar-refractivity contribution in [2.45, 2.75) is 69.4 Å². The Balaban J connectivity index is 1.04. The maximum absolute atomic E-state index is 15.4. The zero-order chi connectivity index (χ0) is 42.6. The van der Waals surface area contributed by atoms with Gasteiger partial charge in [-0.1, -0.05) is 6.07 Å². The molecule has 2 aromatic carbocycles. The van der Waals surface area contributed by atoms with E-state index < -0.39 is 41.9 Å². The summed E-state index contributed by atoms with van der Waals surface area (Å²) in [4.78, 5) is 53.8. The highest BCUT2D eigenvalue weighted by Crippen LogP contribution is 2.41. The Hall–Kier alpha value is -6.44. The Labute approximate surface area is 350 Å². The molecule has 1 N–H and O–H groups in total. The van der Waals surface area contributed by atoms with Crippen molar-refractivity contribution in [2.24, 2.45) is 0 Å². The number of piperazine rings is 1. The Morgan fingerprint density at radius 2 is 1.76 bits per heavy atom. The minimum Gasteiger partial charge on any atom is -0.374 e. The van der Waals surface area contributed by atoms with Crippen LogP contribution in [0.15, 0.2) is 54.7 Å². The van der Waals surface area contributed by atoms with Crippen LogP contribution in [0.1, 0.15) is 25.1 Å². The quantitative estimate of drug-likeness (QED) is 0.247. The minimum absolute atomic E-state index is 0.0323. The van der Waals surface area contributed by atoms with E-state index in [1.807, 2.05) is 44.4 Å². The number of benzene rings is 2. The number of carbonyl (C=O) groups excluding carboxylic acids is 2. The smallest absolute Gasteiger partial charge is 0.315 e. The number of rotatable bonds is 4. The van der Waals surface area contributed by atoms with Crippen molar-refractivity contribution < 1.29 is 36.3 Å². The molecular formula is C42H39F5N12O3. The summed E-state index contributed by atoms with van der Waals surface area (Å²) in [6, 6.07) is 9.52. The summed E-state index contributed by atoms with van der Waals surface area (Å²) >= 11 is 0. The van der Waals surface area contributed by atoms with Gasteiger partial charge in [-0.15, -0.1) is 0 Å². The van der Waals surface area contributed by atoms with Crippen LogP contribution < -0.4 is 15.1 Å². The van der Waals surface area contributed by atoms with Crippen molar-refractivity contribution in [1.29, 1.82) is 0 Å². The Morgan fingerprint density at radius 3 is 2.56 bits per heavy atom. The van der Waals surface area contributed by atoms with Gasteiger partial charge in [0.1, 0.15) is 40.8 Å². The average molecular weight is 855 g/mol. The van der Waals surface area contributed by atoms with E-state index in [1.165, 1.54) is 29.1 Å². The Kier molecular flexibility index (Phi) is 9.06. The van der Waals surface area contributed by atoms with Crippen molar-refractivity contribution >= 4 is 51.5 Å². The fourth-order valence-corrected chi connectivity index (χ4v) is 9.97. The second kappa shape index (κ2) is 14.6. The lowest BCUT2D eigenvalue weighted by molar-refractivity contribution is -0.146. The van der Waals surface area contributed by atoms with Crippen LogP contribution in [0.2, 0.25) is 0 Å². The molecule has 6 aromatic rings. The Morgan fingerprint density at radius 1 is 0.919 bits per heavy atom. The molecule has 0 radical (unpaired) electrons. The molecule has 11 rings (SSSR count). The molecule has 320 valence electrons. The van der Waals surface area contributed by atoms with Gasteiger partial charge in [0.25, 0.3) is 5.91 Å². The monoisotopic (exact) mass is 854 g/mol. The summed E-state index contributed by atoms with van der Waals surface area (Å²) in [7, 11) is 0. The number of nitrogens with zero attached hydrogens (tertiary/aromatic N) is 11. The normalized spacial score (nSPS) is 23.7. The van der Waals surface area contributed by atoms with Crippen molar-refractivity contribution in [3.63, 3.8) is 0 Å². The summed E-state index contributed by atoms with van der Waals surface area (Å²) in [6.45, 7) is 3.61. The van der Waals surface area contributed by atoms with Crippen molar-refractivity contribution in [1.82, 2.24) is 44.1 Å². The number of aromatic nitrogens is 7. The van der Waals surface area contributed by atoms with Crippen LogP contribution in [0.5, 0.6) is 0 Å². The molecule has 5 atom stereocenters. The summed E-state index contributed by atoms with van der Waals surface area (Å²) in [6.07, 6.45) is -0.572. The predicted molar refractivity (Wildman–Crippen MR) is 216 cm³/mol. The number of alkyl halides is 2. The molecule has 8 bridgehead atoms. The van der Waals surface area contributed by atoms with Gasteiger partial charge >= 0.3 is 6.43 Å². The maximum Gasteiger partial charge on any atom is 0.315 e. The molecule has 5 aliphatic heterocycles. The number of aryl methyl sites for hydroxylation is 1. The van der Waals surface area contributed by atoms with Crippen LogP contribution >= 0.6 is 0 Å². The fraction of sp³-hybridized carbons (Fsp3) is 0.405. The first-order valence-corrected chi connectivity index (χ1v) is 20.6. The number of nitrogens with one attached hydrogen (secondary N) is 1. The highest BCUT2D eigenvalue weighted by atomic mass is 19.3. The SMILES string of the molecule is Cc1nc2cc(F)cc3c2n1C[C@H]1CN(CCCO1)C(=O)[C@@H]1C[C@@H](CN1c1nc(N2C4CC2CN(C(=O)C(F)F)C4)nc2c1cnn2-c1ccc(F)cc1F)Nc1cccc-3n1. The molecule has 4 saturated heterocycles. The molecule has 5 aliphatic rings. The Bertz CT molecular complexity index is 2790. The van der Waals surface area contributed by atoms with E-state index in [0.29, 0.717) is 84.1 Å². The molecule has 0 spiro atoms. The number of piperidine rings is 1.